The summed E-state index contributed by atoms with van der Waals surface area (Å²) in [6.07, 6.45) is 4.69. The van der Waals surface area contributed by atoms with Crippen LogP contribution in [0.15, 0.2) is 57.7 Å². The van der Waals surface area contributed by atoms with Crippen LogP contribution in [0.3, 0.4) is 0 Å². The van der Waals surface area contributed by atoms with Crippen LogP contribution in [0, 0.1) is 0 Å². The van der Waals surface area contributed by atoms with Gasteiger partial charge in [0.1, 0.15) is 15.9 Å². The first-order valence-corrected chi connectivity index (χ1v) is 10.3. The molecule has 0 saturated carbocycles. The van der Waals surface area contributed by atoms with E-state index < -0.39 is 16.0 Å². The zero-order chi connectivity index (χ0) is 19.2. The summed E-state index contributed by atoms with van der Waals surface area (Å²) < 4.78 is 48.3. The number of sulfonamides is 1. The molecule has 0 bridgehead atoms. The van der Waals surface area contributed by atoms with Crippen molar-refractivity contribution < 1.29 is 22.8 Å². The van der Waals surface area contributed by atoms with Crippen molar-refractivity contribution in [1.82, 2.24) is 13.3 Å². The van der Waals surface area contributed by atoms with Gasteiger partial charge in [-0.2, -0.15) is 17.2 Å². The number of fused-ring (bicyclic) bond motifs is 2. The Morgan fingerprint density at radius 2 is 2.04 bits per heavy atom. The molecular weight excluding hydrogens is 393 g/mol. The fraction of sp³-hybridized carbons (Fsp3) is 0.235. The minimum absolute atomic E-state index is 0.0888. The summed E-state index contributed by atoms with van der Waals surface area (Å²) in [6.45, 7) is 0. The number of rotatable bonds is 4. The van der Waals surface area contributed by atoms with Crippen LogP contribution in [0.25, 0.3) is 11.0 Å². The Kier molecular flexibility index (Phi) is 4.31. The van der Waals surface area contributed by atoms with E-state index in [4.69, 9.17) is 0 Å². The molecule has 10 heteroatoms. The number of carboxylic acids is 1. The van der Waals surface area contributed by atoms with Crippen molar-refractivity contribution >= 4 is 38.8 Å². The minimum atomic E-state index is -4.51. The van der Waals surface area contributed by atoms with E-state index in [1.165, 1.54) is 18.2 Å². The normalized spacial score (nSPS) is 17.4. The number of aromatic nitrogens is 2. The van der Waals surface area contributed by atoms with Gasteiger partial charge in [0.2, 0.25) is 0 Å². The molecule has 1 heterocycles. The molecule has 0 aliphatic heterocycles. The smallest absolute Gasteiger partial charge is 0.331 e. The van der Waals surface area contributed by atoms with E-state index in [9.17, 15) is 18.3 Å². The maximum absolute atomic E-state index is 15.0. The highest BCUT2D eigenvalue weighted by molar-refractivity contribution is 7.89. The van der Waals surface area contributed by atoms with Gasteiger partial charge in [-0.1, -0.05) is 16.6 Å². The van der Waals surface area contributed by atoms with Crippen molar-refractivity contribution in [3.05, 3.63) is 52.8 Å². The maximum atomic E-state index is 15.0. The maximum Gasteiger partial charge on any atom is 0.331 e. The molecule has 7 nitrogen and oxygen atoms in total. The first-order valence-electron chi connectivity index (χ1n) is 8.17. The number of hydrogen-bond acceptors (Lipinski definition) is 6. The molecule has 0 saturated heterocycles. The van der Waals surface area contributed by atoms with Gasteiger partial charge in [0, 0.05) is 12.0 Å². The van der Waals surface area contributed by atoms with Gasteiger partial charge in [-0.25, -0.2) is 4.79 Å². The van der Waals surface area contributed by atoms with Gasteiger partial charge in [0.05, 0.1) is 17.4 Å². The third kappa shape index (κ3) is 2.94. The fourth-order valence-electron chi connectivity index (χ4n) is 3.38. The minimum Gasteiger partial charge on any atom is -0.478 e. The Labute approximate surface area is 158 Å². The zero-order valence-corrected chi connectivity index (χ0v) is 15.6. The predicted octanol–water partition coefficient (Wildman–Crippen LogP) is 3.35. The first kappa shape index (κ1) is 17.8. The molecule has 1 aromatic heterocycles. The third-order valence-electron chi connectivity index (χ3n) is 4.68. The fourth-order valence-corrected chi connectivity index (χ4v) is 5.24. The Morgan fingerprint density at radius 3 is 2.81 bits per heavy atom. The summed E-state index contributed by atoms with van der Waals surface area (Å²) in [7, 11) is -4.51. The lowest BCUT2D eigenvalue weighted by Gasteiger charge is -2.27. The van der Waals surface area contributed by atoms with Crippen molar-refractivity contribution in [3.63, 3.8) is 0 Å². The third-order valence-corrected chi connectivity index (χ3v) is 6.77. The van der Waals surface area contributed by atoms with Crippen LogP contribution in [0.1, 0.15) is 25.7 Å². The van der Waals surface area contributed by atoms with Gasteiger partial charge in [-0.15, -0.1) is 4.53 Å². The van der Waals surface area contributed by atoms with Crippen LogP contribution >= 0.6 is 11.7 Å². The van der Waals surface area contributed by atoms with E-state index in [1.807, 2.05) is 0 Å². The van der Waals surface area contributed by atoms with Crippen LogP contribution in [0.4, 0.5) is 4.48 Å². The largest absolute Gasteiger partial charge is 0.478 e. The van der Waals surface area contributed by atoms with Gasteiger partial charge >= 0.3 is 5.97 Å². The molecule has 1 aromatic carbocycles. The number of carboxylic acid groups (broad SMARTS) is 1. The standard InChI is InChI=1S/C17H14FN3O4S2/c18-21(27(24,25)15-6-2-5-14-16(15)20-26-19-14)11-8-7-10-3-1-4-12(17(22)23)13(10)9-11/h2,5-8H,1,3-4,9H2,(H,22,23). The number of hydrogen-bond donors (Lipinski definition) is 1. The zero-order valence-electron chi connectivity index (χ0n) is 13.9. The number of aliphatic carboxylic acids is 1. The summed E-state index contributed by atoms with van der Waals surface area (Å²) in [6, 6.07) is 4.35. The summed E-state index contributed by atoms with van der Waals surface area (Å²) in [5, 5.41) is 9.39. The highest BCUT2D eigenvalue weighted by Crippen LogP contribution is 2.39. The van der Waals surface area contributed by atoms with E-state index in [0.717, 1.165) is 17.3 Å². The summed E-state index contributed by atoms with van der Waals surface area (Å²) >= 11 is 0.847. The number of nitrogens with zero attached hydrogens (tertiary/aromatic N) is 3. The van der Waals surface area contributed by atoms with Gasteiger partial charge in [-0.05, 0) is 48.6 Å². The monoisotopic (exact) mass is 407 g/mol. The predicted molar refractivity (Wildman–Crippen MR) is 96.8 cm³/mol. The summed E-state index contributed by atoms with van der Waals surface area (Å²) in [5.41, 5.74) is 1.89. The second kappa shape index (κ2) is 6.54. The lowest BCUT2D eigenvalue weighted by molar-refractivity contribution is -0.132. The van der Waals surface area contributed by atoms with E-state index in [2.05, 4.69) is 8.75 Å². The number of halogens is 1. The summed E-state index contributed by atoms with van der Waals surface area (Å²) in [5.74, 6) is -1.05. The average Bonchev–Trinajstić information content (AvgIpc) is 3.15. The molecule has 4 rings (SSSR count). The van der Waals surface area contributed by atoms with Gasteiger partial charge < -0.3 is 5.11 Å². The van der Waals surface area contributed by atoms with Gasteiger partial charge in [0.25, 0.3) is 10.0 Å². The Bertz CT molecular complexity index is 1150. The van der Waals surface area contributed by atoms with Crippen LogP contribution in [0.5, 0.6) is 0 Å². The van der Waals surface area contributed by atoms with E-state index in [-0.39, 0.29) is 32.6 Å². The van der Waals surface area contributed by atoms with Gasteiger partial charge in [-0.3, -0.25) is 0 Å². The van der Waals surface area contributed by atoms with Crippen LogP contribution < -0.4 is 0 Å². The van der Waals surface area contributed by atoms with Crippen LogP contribution in [-0.4, -0.2) is 32.8 Å². The molecule has 2 aliphatic rings. The Morgan fingerprint density at radius 1 is 1.22 bits per heavy atom. The molecule has 2 aromatic rings. The second-order valence-electron chi connectivity index (χ2n) is 6.25. The molecule has 0 fully saturated rings. The molecule has 0 amide bonds. The molecule has 1 N–H and O–H groups in total. The SMILES string of the molecule is O=C(O)C1=C2CC(N(F)S(=O)(=O)c3cccc4nsnc34)=CC=C2CCC1. The molecule has 2 aliphatic carbocycles. The molecule has 27 heavy (non-hydrogen) atoms. The lowest BCUT2D eigenvalue weighted by Crippen LogP contribution is -2.25. The first-order chi connectivity index (χ1) is 12.9. The van der Waals surface area contributed by atoms with Gasteiger partial charge in [0.15, 0.2) is 0 Å². The van der Waals surface area contributed by atoms with Crippen molar-refractivity contribution in [2.24, 2.45) is 0 Å². The number of allylic oxidation sites excluding steroid dienone is 4. The second-order valence-corrected chi connectivity index (χ2v) is 8.49. The lowest BCUT2D eigenvalue weighted by atomic mass is 9.82. The van der Waals surface area contributed by atoms with E-state index in [0.29, 0.717) is 30.4 Å². The Hall–Kier alpha value is -2.59. The van der Waals surface area contributed by atoms with Crippen LogP contribution in [-0.2, 0) is 14.8 Å². The number of carbonyl (C=O) groups is 1. The molecule has 140 valence electrons. The molecular formula is C17H14FN3O4S2. The number of benzene rings is 1. The van der Waals surface area contributed by atoms with Crippen molar-refractivity contribution in [2.45, 2.75) is 30.6 Å². The highest BCUT2D eigenvalue weighted by Gasteiger charge is 2.33. The van der Waals surface area contributed by atoms with Crippen molar-refractivity contribution in [2.75, 3.05) is 0 Å². The molecule has 0 atom stereocenters. The molecule has 0 radical (unpaired) electrons. The van der Waals surface area contributed by atoms with E-state index in [1.54, 1.807) is 12.1 Å². The quantitative estimate of drug-likeness (QED) is 0.780. The average molecular weight is 407 g/mol. The topological polar surface area (TPSA) is 100 Å². The van der Waals surface area contributed by atoms with Crippen LogP contribution in [0.2, 0.25) is 0 Å². The Balaban J connectivity index is 1.75. The molecule has 0 unspecified atom stereocenters. The van der Waals surface area contributed by atoms with Crippen molar-refractivity contribution in [3.8, 4) is 0 Å². The van der Waals surface area contributed by atoms with E-state index >= 15 is 4.48 Å². The highest BCUT2D eigenvalue weighted by atomic mass is 32.2. The van der Waals surface area contributed by atoms with Crippen molar-refractivity contribution in [1.29, 1.82) is 0 Å². The summed E-state index contributed by atoms with van der Waals surface area (Å²) in [4.78, 5) is 11.2. The molecule has 0 spiro atoms.